The highest BCUT2D eigenvalue weighted by molar-refractivity contribution is 7.92. The maximum absolute atomic E-state index is 13.1. The molecule has 0 spiro atoms. The molecule has 2 unspecified atom stereocenters. The topological polar surface area (TPSA) is 113 Å². The lowest BCUT2D eigenvalue weighted by atomic mass is 9.81. The maximum Gasteiger partial charge on any atom is 0.229 e. The van der Waals surface area contributed by atoms with Gasteiger partial charge in [0.1, 0.15) is 0 Å². The van der Waals surface area contributed by atoms with Crippen molar-refractivity contribution in [1.82, 2.24) is 4.90 Å². The summed E-state index contributed by atoms with van der Waals surface area (Å²) in [5.41, 5.74) is 3.72. The predicted octanol–water partition coefficient (Wildman–Crippen LogP) is 3.26. The van der Waals surface area contributed by atoms with E-state index in [1.54, 1.807) is 24.3 Å². The van der Waals surface area contributed by atoms with Crippen LogP contribution in [0.3, 0.4) is 0 Å². The first-order chi connectivity index (χ1) is 15.9. The number of carbonyl (C=O) groups is 1. The van der Waals surface area contributed by atoms with Gasteiger partial charge in [0.05, 0.1) is 12.5 Å². The van der Waals surface area contributed by atoms with Crippen LogP contribution in [0.1, 0.15) is 47.3 Å². The average Bonchev–Trinajstić information content (AvgIpc) is 3.08. The number of nitrogens with one attached hydrogen (secondary N) is 2. The van der Waals surface area contributed by atoms with Crippen molar-refractivity contribution in [3.8, 4) is 0 Å². The van der Waals surface area contributed by atoms with Gasteiger partial charge in [-0.25, -0.2) is 16.8 Å². The van der Waals surface area contributed by atoms with E-state index in [0.29, 0.717) is 29.3 Å². The van der Waals surface area contributed by atoms with Crippen molar-refractivity contribution < 1.29 is 21.6 Å². The van der Waals surface area contributed by atoms with Gasteiger partial charge in [0.2, 0.25) is 20.0 Å². The van der Waals surface area contributed by atoms with Crippen molar-refractivity contribution in [3.05, 3.63) is 59.2 Å². The van der Waals surface area contributed by atoms with Crippen LogP contribution in [0.5, 0.6) is 0 Å². The monoisotopic (exact) mass is 505 g/mol. The fraction of sp³-hybridized carbons (Fsp3) is 0.458. The number of sulfonamides is 2. The minimum atomic E-state index is -3.39. The summed E-state index contributed by atoms with van der Waals surface area (Å²) in [7, 11) is -6.69. The molecule has 1 heterocycles. The Balaban J connectivity index is 1.36. The van der Waals surface area contributed by atoms with Crippen molar-refractivity contribution in [1.29, 1.82) is 0 Å². The van der Waals surface area contributed by atoms with Crippen molar-refractivity contribution in [3.63, 3.8) is 0 Å². The molecule has 1 saturated heterocycles. The normalized spacial score (nSPS) is 20.7. The number of ketones is 1. The molecule has 0 aromatic heterocycles. The molecule has 0 radical (unpaired) electrons. The van der Waals surface area contributed by atoms with Gasteiger partial charge in [0.15, 0.2) is 5.78 Å². The van der Waals surface area contributed by atoms with E-state index >= 15 is 0 Å². The number of hydrogen-bond acceptors (Lipinski definition) is 6. The molecule has 1 aliphatic heterocycles. The van der Waals surface area contributed by atoms with Gasteiger partial charge in [-0.05, 0) is 80.6 Å². The summed E-state index contributed by atoms with van der Waals surface area (Å²) >= 11 is 0. The molecule has 10 heteroatoms. The highest BCUT2D eigenvalue weighted by Crippen LogP contribution is 2.38. The van der Waals surface area contributed by atoms with Crippen molar-refractivity contribution in [2.75, 3.05) is 35.0 Å². The summed E-state index contributed by atoms with van der Waals surface area (Å²) in [6.07, 6.45) is 4.79. The van der Waals surface area contributed by atoms with Crippen LogP contribution in [0.2, 0.25) is 0 Å². The summed E-state index contributed by atoms with van der Waals surface area (Å²) in [4.78, 5) is 15.5. The minimum Gasteiger partial charge on any atom is -0.297 e. The van der Waals surface area contributed by atoms with Gasteiger partial charge in [0, 0.05) is 28.9 Å². The molecule has 0 amide bonds. The van der Waals surface area contributed by atoms with E-state index in [1.165, 1.54) is 0 Å². The first kappa shape index (κ1) is 24.7. The largest absolute Gasteiger partial charge is 0.297 e. The first-order valence-corrected chi connectivity index (χ1v) is 15.1. The van der Waals surface area contributed by atoms with Gasteiger partial charge in [-0.15, -0.1) is 0 Å². The van der Waals surface area contributed by atoms with E-state index in [1.807, 2.05) is 18.2 Å². The van der Waals surface area contributed by atoms with Crippen LogP contribution in [0.15, 0.2) is 42.5 Å². The smallest absolute Gasteiger partial charge is 0.229 e. The Kier molecular flexibility index (Phi) is 6.76. The second-order valence-corrected chi connectivity index (χ2v) is 13.0. The zero-order valence-corrected chi connectivity index (χ0v) is 21.2. The van der Waals surface area contributed by atoms with E-state index in [4.69, 9.17) is 0 Å². The standard InChI is InChI=1S/C24H31N3O5S2/c1-16(17-4-7-20(8-5-17)25-33(2,29)30)27-12-10-18(11-13-27)22-14-19-6-9-21(26-34(3,31)32)15-23(19)24(22)28/h4-9,15-16,18,22,25-26H,10-14H2,1-3H3. The second kappa shape index (κ2) is 9.31. The van der Waals surface area contributed by atoms with E-state index in [2.05, 4.69) is 21.3 Å². The molecular formula is C24H31N3O5S2. The molecule has 8 nitrogen and oxygen atoms in total. The van der Waals surface area contributed by atoms with Crippen LogP contribution in [0.4, 0.5) is 11.4 Å². The summed E-state index contributed by atoms with van der Waals surface area (Å²) in [5.74, 6) is 0.367. The number of hydrogen-bond donors (Lipinski definition) is 2. The maximum atomic E-state index is 13.1. The molecule has 2 aliphatic rings. The lowest BCUT2D eigenvalue weighted by Crippen LogP contribution is -2.38. The highest BCUT2D eigenvalue weighted by atomic mass is 32.2. The Morgan fingerprint density at radius 2 is 1.44 bits per heavy atom. The molecule has 2 aromatic rings. The molecule has 184 valence electrons. The Morgan fingerprint density at radius 1 is 0.882 bits per heavy atom. The molecular weight excluding hydrogens is 474 g/mol. The molecule has 1 aliphatic carbocycles. The number of anilines is 2. The number of carbonyl (C=O) groups excluding carboxylic acids is 1. The molecule has 2 atom stereocenters. The Labute approximate surface area is 201 Å². The SMILES string of the molecule is CC(c1ccc(NS(C)(=O)=O)cc1)N1CCC(C2Cc3ccc(NS(C)(=O)=O)cc3C2=O)CC1. The third kappa shape index (κ3) is 5.79. The average molecular weight is 506 g/mol. The molecule has 0 saturated carbocycles. The van der Waals surface area contributed by atoms with E-state index in [0.717, 1.165) is 49.6 Å². The highest BCUT2D eigenvalue weighted by Gasteiger charge is 2.38. The number of piperidine rings is 1. The number of likely N-dealkylation sites (tertiary alicyclic amines) is 1. The van der Waals surface area contributed by atoms with Gasteiger partial charge >= 0.3 is 0 Å². The fourth-order valence-electron chi connectivity index (χ4n) is 5.14. The van der Waals surface area contributed by atoms with E-state index < -0.39 is 20.0 Å². The zero-order valence-electron chi connectivity index (χ0n) is 19.6. The summed E-state index contributed by atoms with van der Waals surface area (Å²) < 4.78 is 50.8. The minimum absolute atomic E-state index is 0.0534. The summed E-state index contributed by atoms with van der Waals surface area (Å²) in [6.45, 7) is 3.92. The lowest BCUT2D eigenvalue weighted by Gasteiger charge is -2.38. The Bertz CT molecular complexity index is 1280. The lowest BCUT2D eigenvalue weighted by molar-refractivity contribution is 0.0782. The van der Waals surface area contributed by atoms with Crippen LogP contribution in [0, 0.1) is 11.8 Å². The van der Waals surface area contributed by atoms with Crippen LogP contribution >= 0.6 is 0 Å². The van der Waals surface area contributed by atoms with Crippen molar-refractivity contribution >= 4 is 37.2 Å². The number of fused-ring (bicyclic) bond motifs is 1. The fourth-order valence-corrected chi connectivity index (χ4v) is 6.25. The van der Waals surface area contributed by atoms with E-state index in [9.17, 15) is 21.6 Å². The zero-order chi connectivity index (χ0) is 24.7. The molecule has 34 heavy (non-hydrogen) atoms. The van der Waals surface area contributed by atoms with Gasteiger partial charge in [0.25, 0.3) is 0 Å². The van der Waals surface area contributed by atoms with Gasteiger partial charge in [-0.1, -0.05) is 18.2 Å². The molecule has 1 fully saturated rings. The van der Waals surface area contributed by atoms with E-state index in [-0.39, 0.29) is 17.7 Å². The number of nitrogens with zero attached hydrogens (tertiary/aromatic N) is 1. The number of Topliss-reactive ketones (excluding diaryl/α,β-unsaturated/α-hetero) is 1. The number of benzene rings is 2. The van der Waals surface area contributed by atoms with Gasteiger partial charge < -0.3 is 0 Å². The van der Waals surface area contributed by atoms with Crippen LogP contribution < -0.4 is 9.44 Å². The Hall–Kier alpha value is -2.43. The summed E-state index contributed by atoms with van der Waals surface area (Å²) in [5, 5.41) is 0. The second-order valence-electron chi connectivity index (χ2n) is 9.47. The quantitative estimate of drug-likeness (QED) is 0.597. The van der Waals surface area contributed by atoms with Gasteiger partial charge in [-0.2, -0.15) is 0 Å². The molecule has 4 rings (SSSR count). The third-order valence-electron chi connectivity index (χ3n) is 6.84. The Morgan fingerprint density at radius 3 is 2.03 bits per heavy atom. The molecule has 0 bridgehead atoms. The van der Waals surface area contributed by atoms with Crippen molar-refractivity contribution in [2.24, 2.45) is 11.8 Å². The number of rotatable bonds is 7. The van der Waals surface area contributed by atoms with Gasteiger partial charge in [-0.3, -0.25) is 19.1 Å². The molecule has 2 aromatic carbocycles. The molecule has 2 N–H and O–H groups in total. The van der Waals surface area contributed by atoms with Crippen molar-refractivity contribution in [2.45, 2.75) is 32.2 Å². The van der Waals surface area contributed by atoms with Crippen LogP contribution in [-0.4, -0.2) is 53.1 Å². The van der Waals surface area contributed by atoms with Crippen LogP contribution in [0.25, 0.3) is 0 Å². The first-order valence-electron chi connectivity index (χ1n) is 11.4. The summed E-state index contributed by atoms with van der Waals surface area (Å²) in [6, 6.07) is 12.9. The van der Waals surface area contributed by atoms with Crippen LogP contribution in [-0.2, 0) is 26.5 Å². The third-order valence-corrected chi connectivity index (χ3v) is 8.06. The predicted molar refractivity (Wildman–Crippen MR) is 134 cm³/mol.